The molecule has 1 aromatic heterocycles. The van der Waals surface area contributed by atoms with Crippen LogP contribution in [0.2, 0.25) is 0 Å². The summed E-state index contributed by atoms with van der Waals surface area (Å²) in [5, 5.41) is 0. The minimum Gasteiger partial charge on any atom is -0.493 e. The second kappa shape index (κ2) is 10.3. The minimum atomic E-state index is -0.712. The van der Waals surface area contributed by atoms with Gasteiger partial charge < -0.3 is 23.4 Å². The molecule has 0 aliphatic carbocycles. The molecule has 0 spiro atoms. The van der Waals surface area contributed by atoms with Crippen LogP contribution in [0.3, 0.4) is 0 Å². The number of cyclic esters (lactones) is 1. The summed E-state index contributed by atoms with van der Waals surface area (Å²) >= 11 is 6.76. The van der Waals surface area contributed by atoms with E-state index in [1.54, 1.807) is 24.3 Å². The van der Waals surface area contributed by atoms with Crippen molar-refractivity contribution in [3.05, 3.63) is 80.3 Å². The minimum absolute atomic E-state index is 0.0187. The van der Waals surface area contributed by atoms with Gasteiger partial charge in [-0.25, -0.2) is 14.6 Å². The van der Waals surface area contributed by atoms with Gasteiger partial charge in [0.2, 0.25) is 11.7 Å². The van der Waals surface area contributed by atoms with Crippen molar-refractivity contribution in [2.75, 3.05) is 7.11 Å². The Morgan fingerprint density at radius 3 is 2.54 bits per heavy atom. The fourth-order valence-corrected chi connectivity index (χ4v) is 4.39. The second-order valence-corrected chi connectivity index (χ2v) is 8.74. The van der Waals surface area contributed by atoms with Crippen LogP contribution in [0.5, 0.6) is 17.2 Å². The van der Waals surface area contributed by atoms with E-state index in [0.717, 1.165) is 0 Å². The van der Waals surface area contributed by atoms with E-state index < -0.39 is 17.9 Å². The molecule has 0 atom stereocenters. The van der Waals surface area contributed by atoms with Gasteiger partial charge >= 0.3 is 17.9 Å². The monoisotopic (exact) mass is 603 g/mol. The standard InChI is InChI=1S/C24H15Br2NO8/c1-12(28)33-18-6-5-13(10-20(18)31-2)22-27-17(23(29)35-22)9-14-8-15(25)11-16(26)21(14)34-24(30)19-4-3-7-32-19/h3-11H,1-2H3/b17-9-. The van der Waals surface area contributed by atoms with Crippen molar-refractivity contribution in [3.63, 3.8) is 0 Å². The molecule has 0 saturated carbocycles. The van der Waals surface area contributed by atoms with E-state index in [1.807, 2.05) is 0 Å². The lowest BCUT2D eigenvalue weighted by atomic mass is 10.1. The zero-order valence-electron chi connectivity index (χ0n) is 18.2. The van der Waals surface area contributed by atoms with Crippen LogP contribution in [0, 0.1) is 0 Å². The predicted octanol–water partition coefficient (Wildman–Crippen LogP) is 5.30. The lowest BCUT2D eigenvalue weighted by Gasteiger charge is -2.10. The first kappa shape index (κ1) is 24.4. The summed E-state index contributed by atoms with van der Waals surface area (Å²) in [6.07, 6.45) is 2.79. The highest BCUT2D eigenvalue weighted by Crippen LogP contribution is 2.36. The molecule has 0 saturated heterocycles. The number of carbonyl (C=O) groups is 3. The summed E-state index contributed by atoms with van der Waals surface area (Å²) in [6.45, 7) is 1.27. The topological polar surface area (TPSA) is 114 Å². The normalized spacial score (nSPS) is 13.9. The van der Waals surface area contributed by atoms with Crippen LogP contribution in [0.1, 0.15) is 28.6 Å². The van der Waals surface area contributed by atoms with Crippen LogP contribution in [0.4, 0.5) is 0 Å². The van der Waals surface area contributed by atoms with Gasteiger partial charge in [-0.1, -0.05) is 15.9 Å². The number of ether oxygens (including phenoxy) is 4. The summed E-state index contributed by atoms with van der Waals surface area (Å²) in [6, 6.07) is 11.0. The number of hydrogen-bond acceptors (Lipinski definition) is 9. The molecule has 9 nitrogen and oxygen atoms in total. The van der Waals surface area contributed by atoms with Gasteiger partial charge in [0.15, 0.2) is 22.9 Å². The largest absolute Gasteiger partial charge is 0.493 e. The summed E-state index contributed by atoms with van der Waals surface area (Å²) in [4.78, 5) is 40.5. The number of halogens is 2. The fraction of sp³-hybridized carbons (Fsp3) is 0.0833. The number of hydrogen-bond donors (Lipinski definition) is 0. The number of nitrogens with zero attached hydrogens (tertiary/aromatic N) is 1. The van der Waals surface area contributed by atoms with Crippen LogP contribution in [0.25, 0.3) is 6.08 Å². The Hall–Kier alpha value is -3.70. The highest BCUT2D eigenvalue weighted by atomic mass is 79.9. The number of methoxy groups -OCH3 is 1. The van der Waals surface area contributed by atoms with Gasteiger partial charge in [0.05, 0.1) is 17.8 Å². The molecular weight excluding hydrogens is 590 g/mol. The van der Waals surface area contributed by atoms with Crippen LogP contribution < -0.4 is 14.2 Å². The molecule has 3 aromatic rings. The maximum atomic E-state index is 12.6. The van der Waals surface area contributed by atoms with Gasteiger partial charge in [-0.2, -0.15) is 0 Å². The van der Waals surface area contributed by atoms with Crippen molar-refractivity contribution in [3.8, 4) is 17.2 Å². The molecule has 0 unspecified atom stereocenters. The molecule has 4 rings (SSSR count). The van der Waals surface area contributed by atoms with E-state index in [0.29, 0.717) is 20.1 Å². The smallest absolute Gasteiger partial charge is 0.379 e. The molecule has 11 heteroatoms. The van der Waals surface area contributed by atoms with Crippen LogP contribution in [-0.4, -0.2) is 30.9 Å². The van der Waals surface area contributed by atoms with Gasteiger partial charge in [-0.05, 0) is 64.5 Å². The van der Waals surface area contributed by atoms with Crippen LogP contribution in [-0.2, 0) is 14.3 Å². The third-order valence-corrected chi connectivity index (χ3v) is 5.58. The molecule has 0 bridgehead atoms. The van der Waals surface area contributed by atoms with Crippen molar-refractivity contribution in [1.82, 2.24) is 0 Å². The maximum Gasteiger partial charge on any atom is 0.379 e. The van der Waals surface area contributed by atoms with Gasteiger partial charge in [-0.3, -0.25) is 4.79 Å². The first-order valence-electron chi connectivity index (χ1n) is 9.89. The Morgan fingerprint density at radius 2 is 1.86 bits per heavy atom. The van der Waals surface area contributed by atoms with Crippen molar-refractivity contribution in [2.24, 2.45) is 4.99 Å². The number of esters is 3. The molecule has 0 radical (unpaired) electrons. The molecule has 0 fully saturated rings. The number of rotatable bonds is 6. The Bertz CT molecular complexity index is 1390. The van der Waals surface area contributed by atoms with E-state index in [4.69, 9.17) is 23.4 Å². The molecule has 0 amide bonds. The molecule has 0 N–H and O–H groups in total. The molecular formula is C24H15Br2NO8. The average molecular weight is 605 g/mol. The van der Waals surface area contributed by atoms with Crippen LogP contribution >= 0.6 is 31.9 Å². The van der Waals surface area contributed by atoms with Crippen molar-refractivity contribution < 1.29 is 37.7 Å². The van der Waals surface area contributed by atoms with Gasteiger partial charge in [0, 0.05) is 22.5 Å². The zero-order chi connectivity index (χ0) is 25.1. The Labute approximate surface area is 215 Å². The number of carbonyl (C=O) groups excluding carboxylic acids is 3. The van der Waals surface area contributed by atoms with Gasteiger partial charge in [0.25, 0.3) is 0 Å². The SMILES string of the molecule is COc1cc(C2=N/C(=C\c3cc(Br)cc(Br)c3OC(=O)c3ccco3)C(=O)O2)ccc1OC(C)=O. The van der Waals surface area contributed by atoms with Gasteiger partial charge in [-0.15, -0.1) is 0 Å². The second-order valence-electron chi connectivity index (χ2n) is 6.97. The molecule has 2 aromatic carbocycles. The summed E-state index contributed by atoms with van der Waals surface area (Å²) in [5.41, 5.74) is 0.781. The average Bonchev–Trinajstić information content (AvgIpc) is 3.46. The quantitative estimate of drug-likeness (QED) is 0.211. The third kappa shape index (κ3) is 5.52. The van der Waals surface area contributed by atoms with E-state index in [-0.39, 0.29) is 34.6 Å². The van der Waals surface area contributed by atoms with Crippen molar-refractivity contribution >= 4 is 61.7 Å². The lowest BCUT2D eigenvalue weighted by Crippen LogP contribution is -2.09. The van der Waals surface area contributed by atoms with E-state index in [2.05, 4.69) is 36.9 Å². The Morgan fingerprint density at radius 1 is 1.06 bits per heavy atom. The molecule has 1 aliphatic rings. The van der Waals surface area contributed by atoms with Crippen molar-refractivity contribution in [2.45, 2.75) is 6.92 Å². The molecule has 178 valence electrons. The van der Waals surface area contributed by atoms with Gasteiger partial charge in [0.1, 0.15) is 0 Å². The number of furan rings is 1. The highest BCUT2D eigenvalue weighted by Gasteiger charge is 2.26. The zero-order valence-corrected chi connectivity index (χ0v) is 21.3. The first-order chi connectivity index (χ1) is 16.7. The summed E-state index contributed by atoms with van der Waals surface area (Å²) in [7, 11) is 1.41. The summed E-state index contributed by atoms with van der Waals surface area (Å²) < 4.78 is 27.4. The Kier molecular flexibility index (Phi) is 7.17. The first-order valence-corrected chi connectivity index (χ1v) is 11.5. The number of aliphatic imine (C=N–C) groups is 1. The Balaban J connectivity index is 1.69. The highest BCUT2D eigenvalue weighted by molar-refractivity contribution is 9.11. The molecule has 35 heavy (non-hydrogen) atoms. The van der Waals surface area contributed by atoms with E-state index >= 15 is 0 Å². The van der Waals surface area contributed by atoms with E-state index in [9.17, 15) is 14.4 Å². The maximum absolute atomic E-state index is 12.6. The molecule has 1 aliphatic heterocycles. The van der Waals surface area contributed by atoms with Crippen molar-refractivity contribution in [1.29, 1.82) is 0 Å². The predicted molar refractivity (Wildman–Crippen MR) is 130 cm³/mol. The summed E-state index contributed by atoms with van der Waals surface area (Å²) in [5.74, 6) is -1.25. The van der Waals surface area contributed by atoms with E-state index in [1.165, 1.54) is 44.6 Å². The fourth-order valence-electron chi connectivity index (χ4n) is 3.05. The van der Waals surface area contributed by atoms with Crippen LogP contribution in [0.15, 0.2) is 72.8 Å². The third-order valence-electron chi connectivity index (χ3n) is 4.53. The number of benzene rings is 2. The lowest BCUT2D eigenvalue weighted by molar-refractivity contribution is -0.132. The molecule has 2 heterocycles.